The number of hydrogen-bond donors (Lipinski definition) is 1. The highest BCUT2D eigenvalue weighted by molar-refractivity contribution is 9.11. The summed E-state index contributed by atoms with van der Waals surface area (Å²) in [5.41, 5.74) is 0.805. The van der Waals surface area contributed by atoms with E-state index in [-0.39, 0.29) is 0 Å². The topological polar surface area (TPSA) is 12.0 Å². The first-order valence-corrected chi connectivity index (χ1v) is 6.11. The molecule has 0 fully saturated rings. The molecule has 0 bridgehead atoms. The van der Waals surface area contributed by atoms with E-state index in [0.29, 0.717) is 28.2 Å². The first kappa shape index (κ1) is 13.3. The van der Waals surface area contributed by atoms with Gasteiger partial charge in [0.15, 0.2) is 0 Å². The van der Waals surface area contributed by atoms with Crippen LogP contribution in [0.5, 0.6) is 0 Å². The van der Waals surface area contributed by atoms with Gasteiger partial charge in [-0.1, -0.05) is 57.3 Å². The lowest BCUT2D eigenvalue weighted by Crippen LogP contribution is -2.15. The maximum Gasteiger partial charge on any atom is 0.0652 e. The molecule has 0 aliphatic heterocycles. The molecule has 0 atom stereocenters. The fourth-order valence-corrected chi connectivity index (χ4v) is 1.93. The second-order valence-corrected chi connectivity index (χ2v) is 5.26. The molecular weight excluding hydrogens is 320 g/mol. The highest BCUT2D eigenvalue weighted by Gasteiger charge is 2.08. The van der Waals surface area contributed by atoms with Gasteiger partial charge in [-0.15, -0.1) is 0 Å². The molecule has 0 saturated carbocycles. The largest absolute Gasteiger partial charge is 0.308 e. The summed E-state index contributed by atoms with van der Waals surface area (Å²) in [5, 5.41) is 4.75. The fourth-order valence-electron chi connectivity index (χ4n) is 1.05. The Morgan fingerprint density at radius 2 is 1.87 bits per heavy atom. The molecule has 1 aromatic carbocycles. The Labute approximate surface area is 113 Å². The van der Waals surface area contributed by atoms with Crippen molar-refractivity contribution in [3.8, 4) is 0 Å². The minimum Gasteiger partial charge on any atom is -0.308 e. The molecule has 1 N–H and O–H groups in total. The average molecular weight is 329 g/mol. The molecule has 1 rings (SSSR count). The molecule has 0 aliphatic carbocycles. The Hall–Kier alpha value is 0.270. The molecule has 15 heavy (non-hydrogen) atoms. The van der Waals surface area contributed by atoms with E-state index in [2.05, 4.69) is 27.8 Å². The highest BCUT2D eigenvalue weighted by Crippen LogP contribution is 2.31. The van der Waals surface area contributed by atoms with E-state index in [4.69, 9.17) is 34.8 Å². The molecule has 0 spiro atoms. The number of rotatable bonds is 4. The Morgan fingerprint density at radius 1 is 1.27 bits per heavy atom. The minimum absolute atomic E-state index is 0.497. The van der Waals surface area contributed by atoms with Crippen molar-refractivity contribution in [2.24, 2.45) is 0 Å². The van der Waals surface area contributed by atoms with Gasteiger partial charge < -0.3 is 5.32 Å². The lowest BCUT2D eigenvalue weighted by molar-refractivity contribution is 0.757. The zero-order valence-electron chi connectivity index (χ0n) is 7.79. The SMILES string of the molecule is C=C(Br)CNCc1c(Cl)ccc(Cl)c1Cl. The lowest BCUT2D eigenvalue weighted by Gasteiger charge is -2.09. The van der Waals surface area contributed by atoms with E-state index >= 15 is 0 Å². The van der Waals surface area contributed by atoms with Crippen molar-refractivity contribution in [3.05, 3.63) is 43.8 Å². The zero-order valence-corrected chi connectivity index (χ0v) is 11.6. The van der Waals surface area contributed by atoms with E-state index in [1.807, 2.05) is 0 Å². The quantitative estimate of drug-likeness (QED) is 0.793. The Bertz CT molecular complexity index is 379. The third-order valence-corrected chi connectivity index (χ3v) is 3.24. The minimum atomic E-state index is 0.497. The van der Waals surface area contributed by atoms with Crippen molar-refractivity contribution in [2.75, 3.05) is 6.54 Å². The molecule has 0 aromatic heterocycles. The summed E-state index contributed by atoms with van der Waals surface area (Å²) in [5.74, 6) is 0. The molecule has 82 valence electrons. The number of hydrogen-bond acceptors (Lipinski definition) is 1. The summed E-state index contributed by atoms with van der Waals surface area (Å²) < 4.78 is 0.872. The summed E-state index contributed by atoms with van der Waals surface area (Å²) in [6, 6.07) is 3.41. The van der Waals surface area contributed by atoms with Gasteiger partial charge in [0.25, 0.3) is 0 Å². The van der Waals surface area contributed by atoms with Crippen LogP contribution in [0.25, 0.3) is 0 Å². The monoisotopic (exact) mass is 327 g/mol. The molecule has 0 radical (unpaired) electrons. The van der Waals surface area contributed by atoms with Crippen LogP contribution in [-0.2, 0) is 6.54 Å². The van der Waals surface area contributed by atoms with Gasteiger partial charge in [-0.2, -0.15) is 0 Å². The van der Waals surface area contributed by atoms with E-state index in [1.165, 1.54) is 0 Å². The van der Waals surface area contributed by atoms with Gasteiger partial charge in [-0.05, 0) is 12.1 Å². The first-order valence-electron chi connectivity index (χ1n) is 4.18. The van der Waals surface area contributed by atoms with Gasteiger partial charge in [0.05, 0.1) is 10.0 Å². The van der Waals surface area contributed by atoms with Gasteiger partial charge >= 0.3 is 0 Å². The molecular formula is C10H9BrCl3N. The van der Waals surface area contributed by atoms with Crippen molar-refractivity contribution < 1.29 is 0 Å². The second-order valence-electron chi connectivity index (χ2n) is 2.94. The van der Waals surface area contributed by atoms with Crippen LogP contribution in [0.1, 0.15) is 5.56 Å². The highest BCUT2D eigenvalue weighted by atomic mass is 79.9. The second kappa shape index (κ2) is 6.12. The molecule has 0 aliphatic rings. The van der Waals surface area contributed by atoms with E-state index in [9.17, 15) is 0 Å². The molecule has 0 amide bonds. The summed E-state index contributed by atoms with van der Waals surface area (Å²) >= 11 is 21.2. The maximum absolute atomic E-state index is 6.02. The van der Waals surface area contributed by atoms with Crippen LogP contribution < -0.4 is 5.32 Å². The number of halogens is 4. The third-order valence-electron chi connectivity index (χ3n) is 1.76. The average Bonchev–Trinajstić information content (AvgIpc) is 2.17. The summed E-state index contributed by atoms with van der Waals surface area (Å²) in [7, 11) is 0. The zero-order chi connectivity index (χ0) is 11.4. The maximum atomic E-state index is 6.02. The lowest BCUT2D eigenvalue weighted by atomic mass is 10.2. The van der Waals surface area contributed by atoms with Crippen LogP contribution in [0.15, 0.2) is 23.2 Å². The normalized spacial score (nSPS) is 10.4. The van der Waals surface area contributed by atoms with Crippen molar-refractivity contribution in [1.82, 2.24) is 5.32 Å². The van der Waals surface area contributed by atoms with Crippen molar-refractivity contribution in [1.29, 1.82) is 0 Å². The first-order chi connectivity index (χ1) is 7.02. The van der Waals surface area contributed by atoms with Gasteiger partial charge in [0, 0.05) is 28.2 Å². The van der Waals surface area contributed by atoms with Gasteiger partial charge in [0.2, 0.25) is 0 Å². The van der Waals surface area contributed by atoms with Crippen LogP contribution in [0.4, 0.5) is 0 Å². The predicted octanol–water partition coefficient (Wildman–Crippen LogP) is 4.65. The van der Waals surface area contributed by atoms with Crippen molar-refractivity contribution in [3.63, 3.8) is 0 Å². The Balaban J connectivity index is 2.75. The third kappa shape index (κ3) is 3.97. The van der Waals surface area contributed by atoms with Gasteiger partial charge in [0.1, 0.15) is 0 Å². The Morgan fingerprint density at radius 3 is 2.47 bits per heavy atom. The molecule has 0 saturated heterocycles. The van der Waals surface area contributed by atoms with E-state index in [0.717, 1.165) is 10.0 Å². The predicted molar refractivity (Wildman–Crippen MR) is 71.2 cm³/mol. The van der Waals surface area contributed by atoms with Crippen LogP contribution in [-0.4, -0.2) is 6.54 Å². The fraction of sp³-hybridized carbons (Fsp3) is 0.200. The molecule has 1 aromatic rings. The van der Waals surface area contributed by atoms with Crippen LogP contribution in [0.3, 0.4) is 0 Å². The molecule has 0 unspecified atom stereocenters. The van der Waals surface area contributed by atoms with Crippen LogP contribution >= 0.6 is 50.7 Å². The van der Waals surface area contributed by atoms with Crippen molar-refractivity contribution >= 4 is 50.7 Å². The molecule has 5 heteroatoms. The van der Waals surface area contributed by atoms with Crippen LogP contribution in [0.2, 0.25) is 15.1 Å². The summed E-state index contributed by atoms with van der Waals surface area (Å²) in [4.78, 5) is 0. The Kier molecular flexibility index (Phi) is 5.44. The van der Waals surface area contributed by atoms with Gasteiger partial charge in [-0.3, -0.25) is 0 Å². The van der Waals surface area contributed by atoms with Crippen molar-refractivity contribution in [2.45, 2.75) is 6.54 Å². The van der Waals surface area contributed by atoms with E-state index < -0.39 is 0 Å². The number of nitrogens with one attached hydrogen (secondary N) is 1. The molecule has 0 heterocycles. The van der Waals surface area contributed by atoms with Gasteiger partial charge in [-0.25, -0.2) is 0 Å². The smallest absolute Gasteiger partial charge is 0.0652 e. The summed E-state index contributed by atoms with van der Waals surface area (Å²) in [6.45, 7) is 4.92. The van der Waals surface area contributed by atoms with E-state index in [1.54, 1.807) is 12.1 Å². The molecule has 1 nitrogen and oxygen atoms in total. The standard InChI is InChI=1S/C10H9BrCl3N/c1-6(11)4-15-5-7-8(12)2-3-9(13)10(7)14/h2-3,15H,1,4-5H2. The number of benzene rings is 1. The van der Waals surface area contributed by atoms with Crippen LogP contribution in [0, 0.1) is 0 Å². The summed E-state index contributed by atoms with van der Waals surface area (Å²) in [6.07, 6.45) is 0.